The lowest BCUT2D eigenvalue weighted by Gasteiger charge is -2.26. The van der Waals surface area contributed by atoms with Gasteiger partial charge in [0.25, 0.3) is 0 Å². The number of aryl methyl sites for hydroxylation is 2. The zero-order valence-electron chi connectivity index (χ0n) is 19.8. The second-order valence-electron chi connectivity index (χ2n) is 8.69. The Morgan fingerprint density at radius 1 is 0.969 bits per heavy atom. The first-order valence-corrected chi connectivity index (χ1v) is 11.8. The fourth-order valence-corrected chi connectivity index (χ4v) is 4.17. The van der Waals surface area contributed by atoms with Crippen LogP contribution in [0.4, 0.5) is 0 Å². The monoisotopic (exact) mass is 442 g/mol. The molecule has 176 valence electrons. The summed E-state index contributed by atoms with van der Waals surface area (Å²) in [6.45, 7) is 8.24. The van der Waals surface area contributed by atoms with Gasteiger partial charge in [-0.25, -0.2) is 9.97 Å². The molecule has 2 heterocycles. The lowest BCUT2D eigenvalue weighted by atomic mass is 10.1. The molecule has 1 fully saturated rings. The summed E-state index contributed by atoms with van der Waals surface area (Å²) in [5.74, 6) is 2.12. The molecule has 1 saturated heterocycles. The summed E-state index contributed by atoms with van der Waals surface area (Å²) in [6.07, 6.45) is 5.81. The van der Waals surface area contributed by atoms with Gasteiger partial charge in [-0.05, 0) is 63.5 Å². The van der Waals surface area contributed by atoms with Gasteiger partial charge in [0.1, 0.15) is 18.5 Å². The zero-order valence-corrected chi connectivity index (χ0v) is 19.8. The third-order valence-corrected chi connectivity index (χ3v) is 5.72. The van der Waals surface area contributed by atoms with E-state index in [0.717, 1.165) is 35.9 Å². The smallest absolute Gasteiger partial charge is 0.161 e. The molecular formula is C25H38N4O3. The van der Waals surface area contributed by atoms with Gasteiger partial charge in [-0.15, -0.1) is 0 Å². The van der Waals surface area contributed by atoms with Crippen LogP contribution in [0.5, 0.6) is 11.5 Å². The highest BCUT2D eigenvalue weighted by Gasteiger charge is 2.15. The average Bonchev–Trinajstić information content (AvgIpc) is 2.73. The molecule has 1 aromatic carbocycles. The normalized spacial score (nSPS) is 16.2. The van der Waals surface area contributed by atoms with E-state index < -0.39 is 6.10 Å². The van der Waals surface area contributed by atoms with E-state index in [0.29, 0.717) is 31.1 Å². The Morgan fingerprint density at radius 3 is 2.34 bits per heavy atom. The zero-order chi connectivity index (χ0) is 22.8. The molecule has 1 aliphatic rings. The summed E-state index contributed by atoms with van der Waals surface area (Å²) in [5, 5.41) is 13.9. The number of aliphatic hydroxyl groups excluding tert-OH is 1. The number of methoxy groups -OCH3 is 1. The number of aliphatic hydroxyl groups is 1. The van der Waals surface area contributed by atoms with Gasteiger partial charge in [-0.2, -0.15) is 0 Å². The number of ether oxygens (including phenoxy) is 2. The fraction of sp³-hybridized carbons (Fsp3) is 0.600. The summed E-state index contributed by atoms with van der Waals surface area (Å²) in [4.78, 5) is 11.3. The van der Waals surface area contributed by atoms with Gasteiger partial charge in [-0.3, -0.25) is 0 Å². The second-order valence-corrected chi connectivity index (χ2v) is 8.69. The van der Waals surface area contributed by atoms with Crippen LogP contribution in [0.15, 0.2) is 24.3 Å². The van der Waals surface area contributed by atoms with Crippen LogP contribution in [0, 0.1) is 13.8 Å². The van der Waals surface area contributed by atoms with E-state index in [1.54, 1.807) is 7.11 Å². The minimum absolute atomic E-state index is 0.250. The van der Waals surface area contributed by atoms with E-state index in [1.165, 1.54) is 32.1 Å². The van der Waals surface area contributed by atoms with Crippen LogP contribution >= 0.6 is 0 Å². The number of nitrogens with one attached hydrogen (secondary N) is 1. The maximum Gasteiger partial charge on any atom is 0.161 e. The Balaban J connectivity index is 1.51. The third kappa shape index (κ3) is 8.04. The van der Waals surface area contributed by atoms with E-state index in [4.69, 9.17) is 9.47 Å². The predicted octanol–water partition coefficient (Wildman–Crippen LogP) is 3.40. The van der Waals surface area contributed by atoms with Crippen LogP contribution < -0.4 is 14.8 Å². The van der Waals surface area contributed by atoms with Crippen molar-refractivity contribution in [1.29, 1.82) is 0 Å². The third-order valence-electron chi connectivity index (χ3n) is 5.72. The largest absolute Gasteiger partial charge is 0.493 e. The van der Waals surface area contributed by atoms with E-state index in [-0.39, 0.29) is 6.61 Å². The Hall–Kier alpha value is -2.22. The highest BCUT2D eigenvalue weighted by molar-refractivity contribution is 5.43. The number of hydrogen-bond acceptors (Lipinski definition) is 7. The summed E-state index contributed by atoms with van der Waals surface area (Å²) >= 11 is 0. The van der Waals surface area contributed by atoms with E-state index in [9.17, 15) is 5.11 Å². The Kier molecular flexibility index (Phi) is 9.71. The van der Waals surface area contributed by atoms with Crippen LogP contribution in [0.1, 0.15) is 54.9 Å². The summed E-state index contributed by atoms with van der Waals surface area (Å²) < 4.78 is 11.4. The van der Waals surface area contributed by atoms with Gasteiger partial charge in [0.2, 0.25) is 0 Å². The maximum atomic E-state index is 10.5. The molecule has 0 saturated carbocycles. The predicted molar refractivity (Wildman–Crippen MR) is 126 cm³/mol. The van der Waals surface area contributed by atoms with Crippen molar-refractivity contribution < 1.29 is 14.6 Å². The minimum Gasteiger partial charge on any atom is -0.493 e. The molecule has 0 amide bonds. The number of rotatable bonds is 10. The quantitative estimate of drug-likeness (QED) is 0.584. The van der Waals surface area contributed by atoms with Crippen molar-refractivity contribution in [3.8, 4) is 11.5 Å². The van der Waals surface area contributed by atoms with Crippen molar-refractivity contribution in [3.05, 3.63) is 47.0 Å². The van der Waals surface area contributed by atoms with E-state index in [1.807, 2.05) is 38.1 Å². The standard InChI is InChI=1S/C25H38N4O3/c1-19-13-20(2)28-25(27-19)16-26-15-21-9-10-23(31-3)24(14-21)32-18-22(30)17-29-11-7-5-4-6-8-12-29/h9-10,13-14,22,26,30H,4-8,11-12,15-18H2,1-3H3/t22-/m1/s1. The van der Waals surface area contributed by atoms with Crippen LogP contribution in [-0.2, 0) is 13.1 Å². The molecule has 2 aromatic rings. The van der Waals surface area contributed by atoms with Crippen LogP contribution in [-0.4, -0.2) is 59.4 Å². The summed E-state index contributed by atoms with van der Waals surface area (Å²) in [6, 6.07) is 7.86. The molecule has 1 aromatic heterocycles. The Bertz CT molecular complexity index is 818. The van der Waals surface area contributed by atoms with Crippen molar-refractivity contribution in [2.75, 3.05) is 33.4 Å². The Labute approximate surface area is 192 Å². The first-order chi connectivity index (χ1) is 15.5. The molecule has 3 rings (SSSR count). The molecule has 1 atom stereocenters. The molecular weight excluding hydrogens is 404 g/mol. The molecule has 1 aliphatic heterocycles. The molecule has 0 spiro atoms. The molecule has 2 N–H and O–H groups in total. The van der Waals surface area contributed by atoms with Crippen molar-refractivity contribution in [2.24, 2.45) is 0 Å². The first kappa shape index (κ1) is 24.4. The average molecular weight is 443 g/mol. The fourth-order valence-electron chi connectivity index (χ4n) is 4.17. The lowest BCUT2D eigenvalue weighted by Crippen LogP contribution is -2.37. The van der Waals surface area contributed by atoms with Crippen LogP contribution in [0.3, 0.4) is 0 Å². The van der Waals surface area contributed by atoms with Gasteiger partial charge < -0.3 is 24.8 Å². The summed E-state index contributed by atoms with van der Waals surface area (Å²) in [5.41, 5.74) is 3.02. The van der Waals surface area contributed by atoms with Gasteiger partial charge in [0.15, 0.2) is 11.5 Å². The number of likely N-dealkylation sites (tertiary alicyclic amines) is 1. The Morgan fingerprint density at radius 2 is 1.66 bits per heavy atom. The maximum absolute atomic E-state index is 10.5. The summed E-state index contributed by atoms with van der Waals surface area (Å²) in [7, 11) is 1.63. The van der Waals surface area contributed by atoms with Crippen LogP contribution in [0.2, 0.25) is 0 Å². The number of nitrogens with zero attached hydrogens (tertiary/aromatic N) is 3. The minimum atomic E-state index is -0.525. The number of aromatic nitrogens is 2. The van der Waals surface area contributed by atoms with Crippen molar-refractivity contribution >= 4 is 0 Å². The highest BCUT2D eigenvalue weighted by Crippen LogP contribution is 2.28. The molecule has 0 unspecified atom stereocenters. The number of benzene rings is 1. The van der Waals surface area contributed by atoms with Crippen molar-refractivity contribution in [3.63, 3.8) is 0 Å². The van der Waals surface area contributed by atoms with Gasteiger partial charge in [0.05, 0.1) is 13.7 Å². The molecule has 32 heavy (non-hydrogen) atoms. The van der Waals surface area contributed by atoms with Gasteiger partial charge in [0, 0.05) is 24.5 Å². The van der Waals surface area contributed by atoms with Gasteiger partial charge in [-0.1, -0.05) is 25.3 Å². The van der Waals surface area contributed by atoms with Gasteiger partial charge >= 0.3 is 0 Å². The molecule has 7 heteroatoms. The molecule has 0 radical (unpaired) electrons. The first-order valence-electron chi connectivity index (χ1n) is 11.8. The number of β-amino-alcohol motifs (C(OH)–C–C–N with tert-alkyl or cyclic N) is 1. The van der Waals surface area contributed by atoms with E-state index >= 15 is 0 Å². The molecule has 0 bridgehead atoms. The molecule has 7 nitrogen and oxygen atoms in total. The molecule has 0 aliphatic carbocycles. The second kappa shape index (κ2) is 12.7. The van der Waals surface area contributed by atoms with Crippen molar-refractivity contribution in [2.45, 2.75) is 65.1 Å². The van der Waals surface area contributed by atoms with E-state index in [2.05, 4.69) is 20.2 Å². The SMILES string of the molecule is COc1ccc(CNCc2nc(C)cc(C)n2)cc1OC[C@H](O)CN1CCCCCCC1. The topological polar surface area (TPSA) is 79.7 Å². The van der Waals surface area contributed by atoms with Crippen LogP contribution in [0.25, 0.3) is 0 Å². The lowest BCUT2D eigenvalue weighted by molar-refractivity contribution is 0.0644. The van der Waals surface area contributed by atoms with Crippen molar-refractivity contribution in [1.82, 2.24) is 20.2 Å². The highest BCUT2D eigenvalue weighted by atomic mass is 16.5. The number of hydrogen-bond donors (Lipinski definition) is 2.